The van der Waals surface area contributed by atoms with Crippen LogP contribution in [0.15, 0.2) is 15.4 Å². The Kier molecular flexibility index (Phi) is 6.03. The molecule has 7 nitrogen and oxygen atoms in total. The van der Waals surface area contributed by atoms with Crippen LogP contribution in [0, 0.1) is 6.92 Å². The molecule has 9 heteroatoms. The van der Waals surface area contributed by atoms with Gasteiger partial charge in [-0.2, -0.15) is 0 Å². The van der Waals surface area contributed by atoms with E-state index in [0.717, 1.165) is 19.3 Å². The minimum atomic E-state index is -3.90. The second-order valence-electron chi connectivity index (χ2n) is 5.50. The van der Waals surface area contributed by atoms with Gasteiger partial charge in [-0.1, -0.05) is 0 Å². The van der Waals surface area contributed by atoms with Crippen molar-refractivity contribution in [1.82, 2.24) is 4.90 Å². The van der Waals surface area contributed by atoms with Crippen molar-refractivity contribution in [2.24, 2.45) is 10.9 Å². The molecule has 1 fully saturated rings. The number of aryl methyl sites for hydroxylation is 1. The van der Waals surface area contributed by atoms with Crippen LogP contribution in [0.25, 0.3) is 0 Å². The van der Waals surface area contributed by atoms with E-state index in [4.69, 9.17) is 15.3 Å². The molecule has 0 aliphatic carbocycles. The van der Waals surface area contributed by atoms with E-state index in [1.54, 1.807) is 4.90 Å². The summed E-state index contributed by atoms with van der Waals surface area (Å²) < 4.78 is 28.1. The molecule has 0 bridgehead atoms. The second-order valence-corrected chi connectivity index (χ2v) is 7.03. The van der Waals surface area contributed by atoms with Crippen molar-refractivity contribution in [2.45, 2.75) is 50.1 Å². The Morgan fingerprint density at radius 1 is 1.45 bits per heavy atom. The van der Waals surface area contributed by atoms with Crippen LogP contribution < -0.4 is 10.9 Å². The third-order valence-electron chi connectivity index (χ3n) is 3.81. The molecule has 0 aromatic carbocycles. The highest BCUT2D eigenvalue weighted by Gasteiger charge is 2.32. The molecule has 2 heterocycles. The van der Waals surface area contributed by atoms with E-state index < -0.39 is 10.0 Å². The van der Waals surface area contributed by atoms with Gasteiger partial charge in [0.05, 0.1) is 0 Å². The summed E-state index contributed by atoms with van der Waals surface area (Å²) in [5.41, 5.74) is 5.94. The predicted octanol–water partition coefficient (Wildman–Crippen LogP) is 0.999. The van der Waals surface area contributed by atoms with Crippen LogP contribution >= 0.6 is 12.4 Å². The first-order valence-electron chi connectivity index (χ1n) is 6.91. The van der Waals surface area contributed by atoms with Gasteiger partial charge in [-0.15, -0.1) is 12.4 Å². The van der Waals surface area contributed by atoms with E-state index in [1.807, 2.05) is 6.92 Å². The maximum atomic E-state index is 12.5. The summed E-state index contributed by atoms with van der Waals surface area (Å²) in [5.74, 6) is -0.228. The van der Waals surface area contributed by atoms with Crippen LogP contribution in [0.4, 0.5) is 0 Å². The topological polar surface area (TPSA) is 120 Å². The van der Waals surface area contributed by atoms with Gasteiger partial charge in [0, 0.05) is 24.7 Å². The first-order valence-corrected chi connectivity index (χ1v) is 8.46. The van der Waals surface area contributed by atoms with E-state index >= 15 is 0 Å². The molecule has 0 radical (unpaired) electrons. The summed E-state index contributed by atoms with van der Waals surface area (Å²) in [5, 5.41) is 5.09. The van der Waals surface area contributed by atoms with E-state index in [-0.39, 0.29) is 46.8 Å². The Morgan fingerprint density at radius 3 is 2.59 bits per heavy atom. The van der Waals surface area contributed by atoms with E-state index in [9.17, 15) is 13.2 Å². The molecule has 0 saturated carbocycles. The fourth-order valence-corrected chi connectivity index (χ4v) is 3.46. The zero-order chi connectivity index (χ0) is 15.8. The number of halogens is 1. The molecule has 2 unspecified atom stereocenters. The average Bonchev–Trinajstić information content (AvgIpc) is 2.80. The maximum absolute atomic E-state index is 12.5. The normalized spacial score (nSPS) is 20.4. The van der Waals surface area contributed by atoms with Gasteiger partial charge >= 0.3 is 0 Å². The van der Waals surface area contributed by atoms with Gasteiger partial charge in [-0.3, -0.25) is 4.79 Å². The monoisotopic (exact) mass is 351 g/mol. The lowest BCUT2D eigenvalue weighted by atomic mass is 9.96. The Morgan fingerprint density at radius 2 is 2.09 bits per heavy atom. The van der Waals surface area contributed by atoms with Crippen molar-refractivity contribution in [3.8, 4) is 0 Å². The van der Waals surface area contributed by atoms with Gasteiger partial charge in [0.15, 0.2) is 5.76 Å². The quantitative estimate of drug-likeness (QED) is 0.841. The number of piperidine rings is 1. The minimum absolute atomic E-state index is 0. The molecular weight excluding hydrogens is 330 g/mol. The average molecular weight is 352 g/mol. The molecule has 2 rings (SSSR count). The van der Waals surface area contributed by atoms with Gasteiger partial charge in [-0.25, -0.2) is 13.6 Å². The molecule has 1 aliphatic heterocycles. The number of carbonyl (C=O) groups is 1. The van der Waals surface area contributed by atoms with Gasteiger partial charge in [0.1, 0.15) is 10.7 Å². The largest absolute Gasteiger partial charge is 0.455 e. The van der Waals surface area contributed by atoms with Crippen molar-refractivity contribution in [1.29, 1.82) is 0 Å². The third-order valence-corrected chi connectivity index (χ3v) is 4.82. The van der Waals surface area contributed by atoms with Crippen LogP contribution in [0.2, 0.25) is 0 Å². The van der Waals surface area contributed by atoms with Crippen molar-refractivity contribution < 1.29 is 17.6 Å². The van der Waals surface area contributed by atoms with E-state index in [0.29, 0.717) is 6.54 Å². The van der Waals surface area contributed by atoms with Crippen LogP contribution in [0.3, 0.4) is 0 Å². The standard InChI is InChI=1S/C13H21N3O4S.ClH/c1-8(14)10-5-3-4-6-16(10)13(17)11-7-12(9(2)20-11)21(15,18)19;/h7-8,10H,3-6,14H2,1-2H3,(H2,15,18,19);1H. The Labute approximate surface area is 136 Å². The number of primary sulfonamides is 1. The van der Waals surface area contributed by atoms with E-state index in [1.165, 1.54) is 13.0 Å². The number of amides is 1. The second kappa shape index (κ2) is 6.99. The van der Waals surface area contributed by atoms with Crippen molar-refractivity contribution in [3.63, 3.8) is 0 Å². The highest BCUT2D eigenvalue weighted by molar-refractivity contribution is 7.89. The molecule has 1 amide bonds. The van der Waals surface area contributed by atoms with Gasteiger partial charge in [-0.05, 0) is 33.1 Å². The lowest BCUT2D eigenvalue weighted by Gasteiger charge is -2.37. The smallest absolute Gasteiger partial charge is 0.289 e. The number of hydrogen-bond acceptors (Lipinski definition) is 5. The predicted molar refractivity (Wildman–Crippen MR) is 84.4 cm³/mol. The van der Waals surface area contributed by atoms with Crippen molar-refractivity contribution >= 4 is 28.3 Å². The molecule has 4 N–H and O–H groups in total. The van der Waals surface area contributed by atoms with Crippen molar-refractivity contribution in [2.75, 3.05) is 6.54 Å². The SMILES string of the molecule is Cc1oc(C(=O)N2CCCCC2C(C)N)cc1S(N)(=O)=O.Cl. The number of furan rings is 1. The molecule has 2 atom stereocenters. The fraction of sp³-hybridized carbons (Fsp3) is 0.615. The Hall–Kier alpha value is -1.09. The molecule has 0 spiro atoms. The van der Waals surface area contributed by atoms with Crippen LogP contribution in [0.1, 0.15) is 42.5 Å². The number of nitrogens with two attached hydrogens (primary N) is 2. The lowest BCUT2D eigenvalue weighted by molar-refractivity contribution is 0.0550. The molecule has 22 heavy (non-hydrogen) atoms. The fourth-order valence-electron chi connectivity index (χ4n) is 2.75. The molecule has 126 valence electrons. The van der Waals surface area contributed by atoms with Crippen molar-refractivity contribution in [3.05, 3.63) is 17.6 Å². The minimum Gasteiger partial charge on any atom is -0.455 e. The number of nitrogens with zero attached hydrogens (tertiary/aromatic N) is 1. The zero-order valence-corrected chi connectivity index (χ0v) is 14.2. The summed E-state index contributed by atoms with van der Waals surface area (Å²) in [6.07, 6.45) is 2.76. The Balaban J connectivity index is 0.00000242. The number of carbonyl (C=O) groups excluding carboxylic acids is 1. The summed E-state index contributed by atoms with van der Waals surface area (Å²) in [4.78, 5) is 14.1. The first kappa shape index (κ1) is 19.0. The summed E-state index contributed by atoms with van der Waals surface area (Å²) in [7, 11) is -3.90. The summed E-state index contributed by atoms with van der Waals surface area (Å²) in [6, 6.07) is 0.984. The van der Waals surface area contributed by atoms with E-state index in [2.05, 4.69) is 0 Å². The zero-order valence-electron chi connectivity index (χ0n) is 12.6. The van der Waals surface area contributed by atoms with Crippen LogP contribution in [0.5, 0.6) is 0 Å². The van der Waals surface area contributed by atoms with Gasteiger partial charge in [0.25, 0.3) is 5.91 Å². The number of hydrogen-bond donors (Lipinski definition) is 2. The number of sulfonamides is 1. The molecular formula is C13H22ClN3O4S. The first-order chi connectivity index (χ1) is 9.71. The van der Waals surface area contributed by atoms with Gasteiger partial charge in [0.2, 0.25) is 10.0 Å². The third kappa shape index (κ3) is 3.81. The molecule has 1 aromatic rings. The van der Waals surface area contributed by atoms with Crippen LogP contribution in [-0.4, -0.2) is 37.9 Å². The lowest BCUT2D eigenvalue weighted by Crippen LogP contribution is -2.51. The summed E-state index contributed by atoms with van der Waals surface area (Å²) in [6.45, 7) is 3.92. The van der Waals surface area contributed by atoms with Crippen LogP contribution in [-0.2, 0) is 10.0 Å². The highest BCUT2D eigenvalue weighted by atomic mass is 35.5. The molecule has 1 aromatic heterocycles. The van der Waals surface area contributed by atoms with Gasteiger partial charge < -0.3 is 15.1 Å². The molecule has 1 aliphatic rings. The Bertz CT molecular complexity index is 642. The molecule has 1 saturated heterocycles. The summed E-state index contributed by atoms with van der Waals surface area (Å²) >= 11 is 0. The highest BCUT2D eigenvalue weighted by Crippen LogP contribution is 2.25. The maximum Gasteiger partial charge on any atom is 0.289 e. The number of likely N-dealkylation sites (tertiary alicyclic amines) is 1. The number of rotatable bonds is 3.